The molecule has 1 aromatic rings. The van der Waals surface area contributed by atoms with E-state index in [4.69, 9.17) is 11.6 Å². The molecule has 1 N–H and O–H groups in total. The molecule has 0 saturated heterocycles. The minimum atomic E-state index is 0.734. The van der Waals surface area contributed by atoms with Crippen LogP contribution < -0.4 is 5.32 Å². The average Bonchev–Trinajstić information content (AvgIpc) is 2.15. The Morgan fingerprint density at radius 2 is 2.29 bits per heavy atom. The summed E-state index contributed by atoms with van der Waals surface area (Å²) >= 11 is 5.96. The summed E-state index contributed by atoms with van der Waals surface area (Å²) in [7, 11) is 4.15. The maximum Gasteiger partial charge on any atom is 0.0643 e. The van der Waals surface area contributed by atoms with E-state index >= 15 is 0 Å². The van der Waals surface area contributed by atoms with Crippen molar-refractivity contribution in [2.24, 2.45) is 0 Å². The predicted molar refractivity (Wildman–Crippen MR) is 61.9 cm³/mol. The Hall–Kier alpha value is -0.730. The molecule has 1 rings (SSSR count). The molecule has 14 heavy (non-hydrogen) atoms. The normalized spacial score (nSPS) is 10.6. The van der Waals surface area contributed by atoms with Gasteiger partial charge in [0.05, 0.1) is 10.7 Å². The van der Waals surface area contributed by atoms with Crippen LogP contribution in [0.3, 0.4) is 0 Å². The van der Waals surface area contributed by atoms with Gasteiger partial charge in [0.2, 0.25) is 0 Å². The van der Waals surface area contributed by atoms with Gasteiger partial charge in [0.15, 0.2) is 0 Å². The van der Waals surface area contributed by atoms with Crippen molar-refractivity contribution >= 4 is 17.3 Å². The Balaban J connectivity index is 2.28. The zero-order valence-electron chi connectivity index (χ0n) is 8.68. The smallest absolute Gasteiger partial charge is 0.0643 e. The van der Waals surface area contributed by atoms with Crippen LogP contribution in [0.4, 0.5) is 5.69 Å². The fraction of sp³-hybridized carbons (Fsp3) is 0.455. The second-order valence-corrected chi connectivity index (χ2v) is 3.90. The average molecular weight is 212 g/mol. The minimum Gasteiger partial charge on any atom is -0.384 e. The highest BCUT2D eigenvalue weighted by molar-refractivity contribution is 6.33. The third kappa shape index (κ3) is 3.99. The van der Waals surface area contributed by atoms with Gasteiger partial charge in [0.25, 0.3) is 0 Å². The van der Waals surface area contributed by atoms with Gasteiger partial charge in [-0.25, -0.2) is 0 Å². The zero-order chi connectivity index (χ0) is 10.4. The van der Waals surface area contributed by atoms with Crippen molar-refractivity contribution < 1.29 is 0 Å². The summed E-state index contributed by atoms with van der Waals surface area (Å²) in [6, 6.07) is 8.51. The molecule has 0 saturated carbocycles. The molecule has 3 heteroatoms. The first kappa shape index (κ1) is 11.3. The van der Waals surface area contributed by atoms with Crippen LogP contribution in [0.1, 0.15) is 6.42 Å². The van der Waals surface area contributed by atoms with Crippen LogP contribution in [0, 0.1) is 6.07 Å². The molecule has 0 heterocycles. The van der Waals surface area contributed by atoms with E-state index in [1.807, 2.05) is 12.1 Å². The van der Waals surface area contributed by atoms with Crippen LogP contribution in [0.5, 0.6) is 0 Å². The molecule has 0 aliphatic carbocycles. The van der Waals surface area contributed by atoms with Gasteiger partial charge in [-0.3, -0.25) is 0 Å². The van der Waals surface area contributed by atoms with E-state index in [1.165, 1.54) is 0 Å². The molecule has 0 spiro atoms. The highest BCUT2D eigenvalue weighted by Crippen LogP contribution is 2.19. The first-order chi connectivity index (χ1) is 6.70. The first-order valence-electron chi connectivity index (χ1n) is 4.74. The third-order valence-electron chi connectivity index (χ3n) is 1.91. The molecule has 0 aliphatic rings. The largest absolute Gasteiger partial charge is 0.384 e. The topological polar surface area (TPSA) is 15.3 Å². The van der Waals surface area contributed by atoms with E-state index in [1.54, 1.807) is 6.07 Å². The lowest BCUT2D eigenvalue weighted by molar-refractivity contribution is 0.405. The summed E-state index contributed by atoms with van der Waals surface area (Å²) in [5, 5.41) is 4.02. The molecule has 1 aromatic carbocycles. The fourth-order valence-electron chi connectivity index (χ4n) is 1.17. The van der Waals surface area contributed by atoms with Crippen molar-refractivity contribution in [2.45, 2.75) is 6.42 Å². The standard InChI is InChI=1S/C11H16ClN2/c1-14(2)9-5-8-13-11-7-4-3-6-10(11)12/h4,6-7,13H,5,8-9H2,1-2H3. The maximum atomic E-state index is 5.96. The van der Waals surface area contributed by atoms with Gasteiger partial charge in [-0.1, -0.05) is 17.7 Å². The monoisotopic (exact) mass is 211 g/mol. The van der Waals surface area contributed by atoms with Crippen LogP contribution >= 0.6 is 11.6 Å². The third-order valence-corrected chi connectivity index (χ3v) is 2.22. The van der Waals surface area contributed by atoms with Crippen molar-refractivity contribution in [3.63, 3.8) is 0 Å². The Kier molecular flexibility index (Phi) is 4.77. The van der Waals surface area contributed by atoms with E-state index in [2.05, 4.69) is 30.4 Å². The number of hydrogen-bond acceptors (Lipinski definition) is 2. The van der Waals surface area contributed by atoms with Crippen LogP contribution in [-0.4, -0.2) is 32.1 Å². The van der Waals surface area contributed by atoms with E-state index in [-0.39, 0.29) is 0 Å². The van der Waals surface area contributed by atoms with E-state index < -0.39 is 0 Å². The van der Waals surface area contributed by atoms with Gasteiger partial charge < -0.3 is 10.2 Å². The number of nitrogens with zero attached hydrogens (tertiary/aromatic N) is 1. The molecule has 0 unspecified atom stereocenters. The molecule has 0 aromatic heterocycles. The molecular weight excluding hydrogens is 196 g/mol. The Morgan fingerprint density at radius 1 is 1.50 bits per heavy atom. The van der Waals surface area contributed by atoms with E-state index in [0.717, 1.165) is 30.2 Å². The number of nitrogens with one attached hydrogen (secondary N) is 1. The highest BCUT2D eigenvalue weighted by atomic mass is 35.5. The lowest BCUT2D eigenvalue weighted by atomic mass is 10.3. The lowest BCUT2D eigenvalue weighted by Gasteiger charge is -2.11. The molecule has 0 atom stereocenters. The zero-order valence-corrected chi connectivity index (χ0v) is 9.43. The van der Waals surface area contributed by atoms with Crippen LogP contribution in [0.25, 0.3) is 0 Å². The van der Waals surface area contributed by atoms with E-state index in [9.17, 15) is 0 Å². The number of halogens is 1. The van der Waals surface area contributed by atoms with Crippen molar-refractivity contribution in [2.75, 3.05) is 32.5 Å². The Labute approximate surface area is 90.9 Å². The van der Waals surface area contributed by atoms with Gasteiger partial charge in [0, 0.05) is 6.54 Å². The second kappa shape index (κ2) is 5.89. The number of rotatable bonds is 5. The van der Waals surface area contributed by atoms with Crippen molar-refractivity contribution in [3.8, 4) is 0 Å². The summed E-state index contributed by atoms with van der Waals surface area (Å²) in [6.45, 7) is 2.03. The van der Waals surface area contributed by atoms with Crippen molar-refractivity contribution in [3.05, 3.63) is 29.3 Å². The molecule has 0 aliphatic heterocycles. The van der Waals surface area contributed by atoms with Gasteiger partial charge in [0.1, 0.15) is 0 Å². The molecule has 0 fully saturated rings. The summed E-state index contributed by atoms with van der Waals surface area (Å²) in [5.41, 5.74) is 0.990. The second-order valence-electron chi connectivity index (χ2n) is 3.49. The van der Waals surface area contributed by atoms with Gasteiger partial charge in [-0.15, -0.1) is 0 Å². The van der Waals surface area contributed by atoms with Crippen LogP contribution in [0.15, 0.2) is 18.2 Å². The maximum absolute atomic E-state index is 5.96. The molecule has 0 amide bonds. The van der Waals surface area contributed by atoms with Crippen molar-refractivity contribution in [1.29, 1.82) is 0 Å². The van der Waals surface area contributed by atoms with Gasteiger partial charge in [-0.2, -0.15) is 0 Å². The summed E-state index contributed by atoms with van der Waals surface area (Å²) in [4.78, 5) is 2.17. The molecule has 2 nitrogen and oxygen atoms in total. The lowest BCUT2D eigenvalue weighted by Crippen LogP contribution is -2.16. The predicted octanol–water partition coefficient (Wildman–Crippen LogP) is 2.50. The first-order valence-corrected chi connectivity index (χ1v) is 5.12. The van der Waals surface area contributed by atoms with Gasteiger partial charge >= 0.3 is 0 Å². The van der Waals surface area contributed by atoms with Gasteiger partial charge in [-0.05, 0) is 45.3 Å². The number of benzene rings is 1. The Bertz CT molecular complexity index is 274. The number of anilines is 1. The fourth-order valence-corrected chi connectivity index (χ4v) is 1.36. The highest BCUT2D eigenvalue weighted by Gasteiger charge is 1.97. The molecule has 0 bridgehead atoms. The molecular formula is C11H16ClN2. The van der Waals surface area contributed by atoms with E-state index in [0.29, 0.717) is 0 Å². The van der Waals surface area contributed by atoms with Crippen LogP contribution in [0.2, 0.25) is 5.02 Å². The Morgan fingerprint density at radius 3 is 2.93 bits per heavy atom. The summed E-state index contributed by atoms with van der Waals surface area (Å²) in [6.07, 6.45) is 1.11. The molecule has 77 valence electrons. The summed E-state index contributed by atoms with van der Waals surface area (Å²) < 4.78 is 0. The summed E-state index contributed by atoms with van der Waals surface area (Å²) in [5.74, 6) is 0. The van der Waals surface area contributed by atoms with Crippen LogP contribution in [-0.2, 0) is 0 Å². The SMILES string of the molecule is CN(C)CCCNc1cc[c]cc1Cl. The quantitative estimate of drug-likeness (QED) is 0.753. The van der Waals surface area contributed by atoms with Crippen molar-refractivity contribution in [1.82, 2.24) is 4.90 Å². The molecule has 1 radical (unpaired) electrons. The minimum absolute atomic E-state index is 0.734. The number of hydrogen-bond donors (Lipinski definition) is 1.